The van der Waals surface area contributed by atoms with E-state index in [1.807, 2.05) is 0 Å². The van der Waals surface area contributed by atoms with E-state index in [0.29, 0.717) is 24.1 Å². The molecule has 1 amide bonds. The molecule has 0 atom stereocenters. The summed E-state index contributed by atoms with van der Waals surface area (Å²) in [6.45, 7) is -0.218. The number of carbonyl (C=O) groups is 1. The predicted molar refractivity (Wildman–Crippen MR) is 63.4 cm³/mol. The summed E-state index contributed by atoms with van der Waals surface area (Å²) in [6, 6.07) is 3.49. The van der Waals surface area contributed by atoms with Gasteiger partial charge in [-0.1, -0.05) is 15.9 Å². The van der Waals surface area contributed by atoms with Crippen molar-refractivity contribution in [1.29, 1.82) is 0 Å². The molecule has 1 aromatic heterocycles. The summed E-state index contributed by atoms with van der Waals surface area (Å²) in [5.74, 6) is 0.412. The van der Waals surface area contributed by atoms with Crippen LogP contribution in [0.1, 0.15) is 12.2 Å². The second kappa shape index (κ2) is 7.42. The van der Waals surface area contributed by atoms with Crippen molar-refractivity contribution < 1.29 is 18.0 Å². The zero-order valence-electron chi connectivity index (χ0n) is 9.24. The van der Waals surface area contributed by atoms with Crippen molar-refractivity contribution in [3.8, 4) is 0 Å². The van der Waals surface area contributed by atoms with Crippen LogP contribution in [0.15, 0.2) is 22.8 Å². The quantitative estimate of drug-likeness (QED) is 0.726. The van der Waals surface area contributed by atoms with Gasteiger partial charge in [-0.2, -0.15) is 0 Å². The average molecular weight is 310 g/mol. The van der Waals surface area contributed by atoms with Crippen LogP contribution in [0.3, 0.4) is 0 Å². The second-order valence-electron chi connectivity index (χ2n) is 3.50. The maximum atomic E-state index is 12.3. The third kappa shape index (κ3) is 5.30. The molecule has 1 aromatic rings. The highest BCUT2D eigenvalue weighted by Crippen LogP contribution is 2.07. The van der Waals surface area contributed by atoms with E-state index in [-0.39, 0.29) is 12.3 Å². The summed E-state index contributed by atoms with van der Waals surface area (Å²) in [5, 5.41) is 0.492. The molecule has 0 unspecified atom stereocenters. The number of amides is 1. The minimum absolute atomic E-state index is 0.188. The Morgan fingerprint density at radius 1 is 1.53 bits per heavy atom. The number of furan rings is 1. The zero-order chi connectivity index (χ0) is 12.7. The molecule has 17 heavy (non-hydrogen) atoms. The second-order valence-corrected chi connectivity index (χ2v) is 4.29. The first kappa shape index (κ1) is 14.2. The van der Waals surface area contributed by atoms with Gasteiger partial charge in [0.1, 0.15) is 5.76 Å². The lowest BCUT2D eigenvalue weighted by Crippen LogP contribution is -2.36. The third-order valence-electron chi connectivity index (χ3n) is 2.23. The Morgan fingerprint density at radius 3 is 2.82 bits per heavy atom. The summed E-state index contributed by atoms with van der Waals surface area (Å²) in [6.07, 6.45) is -0.349. The fourth-order valence-corrected chi connectivity index (χ4v) is 1.86. The topological polar surface area (TPSA) is 33.5 Å². The van der Waals surface area contributed by atoms with Crippen molar-refractivity contribution in [2.24, 2.45) is 0 Å². The van der Waals surface area contributed by atoms with E-state index in [0.717, 1.165) is 0 Å². The summed E-state index contributed by atoms with van der Waals surface area (Å²) >= 11 is 3.14. The van der Waals surface area contributed by atoms with Crippen LogP contribution < -0.4 is 0 Å². The van der Waals surface area contributed by atoms with Crippen LogP contribution >= 0.6 is 15.9 Å². The van der Waals surface area contributed by atoms with Crippen molar-refractivity contribution in [1.82, 2.24) is 4.90 Å². The molecule has 0 spiro atoms. The minimum atomic E-state index is -2.50. The first-order valence-electron chi connectivity index (χ1n) is 5.27. The van der Waals surface area contributed by atoms with Gasteiger partial charge in [0.25, 0.3) is 6.43 Å². The van der Waals surface area contributed by atoms with Gasteiger partial charge in [-0.25, -0.2) is 8.78 Å². The zero-order valence-corrected chi connectivity index (χ0v) is 10.8. The SMILES string of the molecule is O=C(CCc1ccco1)N(CCBr)CC(F)F. The van der Waals surface area contributed by atoms with E-state index in [4.69, 9.17) is 4.42 Å². The molecule has 0 saturated heterocycles. The van der Waals surface area contributed by atoms with Gasteiger partial charge < -0.3 is 9.32 Å². The first-order valence-corrected chi connectivity index (χ1v) is 6.40. The summed E-state index contributed by atoms with van der Waals surface area (Å²) in [5.41, 5.74) is 0. The van der Waals surface area contributed by atoms with Gasteiger partial charge >= 0.3 is 0 Å². The van der Waals surface area contributed by atoms with E-state index in [1.54, 1.807) is 12.1 Å². The molecule has 0 aromatic carbocycles. The monoisotopic (exact) mass is 309 g/mol. The molecule has 3 nitrogen and oxygen atoms in total. The van der Waals surface area contributed by atoms with Gasteiger partial charge in [0.15, 0.2) is 0 Å². The fraction of sp³-hybridized carbons (Fsp3) is 0.545. The van der Waals surface area contributed by atoms with Crippen LogP contribution in [0, 0.1) is 0 Å². The largest absolute Gasteiger partial charge is 0.469 e. The molecular weight excluding hydrogens is 296 g/mol. The van der Waals surface area contributed by atoms with Crippen LogP contribution in [-0.4, -0.2) is 35.7 Å². The number of hydrogen-bond donors (Lipinski definition) is 0. The number of alkyl halides is 3. The molecule has 0 N–H and O–H groups in total. The number of hydrogen-bond acceptors (Lipinski definition) is 2. The van der Waals surface area contributed by atoms with E-state index < -0.39 is 13.0 Å². The smallest absolute Gasteiger partial charge is 0.255 e. The molecule has 1 rings (SSSR count). The van der Waals surface area contributed by atoms with Crippen molar-refractivity contribution in [2.75, 3.05) is 18.4 Å². The predicted octanol–water partition coefficient (Wildman–Crippen LogP) is 2.70. The number of rotatable bonds is 7. The number of halogens is 3. The van der Waals surface area contributed by atoms with Crippen molar-refractivity contribution in [2.45, 2.75) is 19.3 Å². The van der Waals surface area contributed by atoms with E-state index in [1.165, 1.54) is 11.2 Å². The van der Waals surface area contributed by atoms with Crippen molar-refractivity contribution >= 4 is 21.8 Å². The molecule has 1 heterocycles. The molecule has 0 aliphatic carbocycles. The van der Waals surface area contributed by atoms with Crippen LogP contribution in [0.2, 0.25) is 0 Å². The lowest BCUT2D eigenvalue weighted by molar-refractivity contribution is -0.132. The highest BCUT2D eigenvalue weighted by Gasteiger charge is 2.17. The Balaban J connectivity index is 2.41. The Morgan fingerprint density at radius 2 is 2.29 bits per heavy atom. The maximum Gasteiger partial charge on any atom is 0.255 e. The third-order valence-corrected chi connectivity index (χ3v) is 2.59. The molecule has 0 bridgehead atoms. The average Bonchev–Trinajstić information content (AvgIpc) is 2.77. The summed E-state index contributed by atoms with van der Waals surface area (Å²) < 4.78 is 29.6. The molecule has 6 heteroatoms. The Labute approximate surface area is 107 Å². The van der Waals surface area contributed by atoms with Crippen LogP contribution in [0.5, 0.6) is 0 Å². The Kier molecular flexibility index (Phi) is 6.18. The van der Waals surface area contributed by atoms with Crippen LogP contribution in [0.4, 0.5) is 8.78 Å². The van der Waals surface area contributed by atoms with E-state index >= 15 is 0 Å². The van der Waals surface area contributed by atoms with Gasteiger partial charge in [0.05, 0.1) is 12.8 Å². The molecular formula is C11H14BrF2NO2. The van der Waals surface area contributed by atoms with Gasteiger partial charge in [-0.05, 0) is 12.1 Å². The van der Waals surface area contributed by atoms with Crippen LogP contribution in [-0.2, 0) is 11.2 Å². The molecule has 0 radical (unpaired) electrons. The molecule has 0 fully saturated rings. The standard InChI is InChI=1S/C11H14BrF2NO2/c12-5-6-15(8-10(13)14)11(16)4-3-9-2-1-7-17-9/h1-2,7,10H,3-6,8H2. The Bertz CT molecular complexity index is 330. The Hall–Kier alpha value is -0.910. The van der Waals surface area contributed by atoms with E-state index in [2.05, 4.69) is 15.9 Å². The molecule has 96 valence electrons. The normalized spacial score (nSPS) is 10.8. The maximum absolute atomic E-state index is 12.3. The summed E-state index contributed by atoms with van der Waals surface area (Å²) in [7, 11) is 0. The molecule has 0 aliphatic heterocycles. The molecule has 0 aliphatic rings. The van der Waals surface area contributed by atoms with Gasteiger partial charge in [-0.15, -0.1) is 0 Å². The highest BCUT2D eigenvalue weighted by atomic mass is 79.9. The van der Waals surface area contributed by atoms with Gasteiger partial charge in [0, 0.05) is 24.7 Å². The lowest BCUT2D eigenvalue weighted by Gasteiger charge is -2.21. The van der Waals surface area contributed by atoms with Gasteiger partial charge in [-0.3, -0.25) is 4.79 Å². The number of nitrogens with zero attached hydrogens (tertiary/aromatic N) is 1. The van der Waals surface area contributed by atoms with Crippen molar-refractivity contribution in [3.05, 3.63) is 24.2 Å². The fourth-order valence-electron chi connectivity index (χ4n) is 1.43. The minimum Gasteiger partial charge on any atom is -0.469 e. The first-order chi connectivity index (χ1) is 8.13. The van der Waals surface area contributed by atoms with Gasteiger partial charge in [0.2, 0.25) is 5.91 Å². The number of carbonyl (C=O) groups excluding carboxylic acids is 1. The molecule has 0 saturated carbocycles. The highest BCUT2D eigenvalue weighted by molar-refractivity contribution is 9.09. The van der Waals surface area contributed by atoms with Crippen LogP contribution in [0.25, 0.3) is 0 Å². The van der Waals surface area contributed by atoms with Crippen molar-refractivity contribution in [3.63, 3.8) is 0 Å². The van der Waals surface area contributed by atoms with E-state index in [9.17, 15) is 13.6 Å². The lowest BCUT2D eigenvalue weighted by atomic mass is 10.2. The number of aryl methyl sites for hydroxylation is 1. The summed E-state index contributed by atoms with van der Waals surface area (Å²) in [4.78, 5) is 12.9.